The van der Waals surface area contributed by atoms with Gasteiger partial charge in [0.25, 0.3) is 0 Å². The van der Waals surface area contributed by atoms with Crippen LogP contribution in [0.4, 0.5) is 0 Å². The molecule has 1 aromatic rings. The maximum Gasteiger partial charge on any atom is 0.0636 e. The Hall–Kier alpha value is -0.380. The van der Waals surface area contributed by atoms with E-state index in [1.165, 1.54) is 10.4 Å². The van der Waals surface area contributed by atoms with Gasteiger partial charge in [0, 0.05) is 17.5 Å². The lowest BCUT2D eigenvalue weighted by atomic mass is 10.2. The van der Waals surface area contributed by atoms with E-state index in [1.807, 2.05) is 0 Å². The van der Waals surface area contributed by atoms with Crippen LogP contribution in [0.25, 0.3) is 0 Å². The average Bonchev–Trinajstić information content (AvgIpc) is 2.47. The van der Waals surface area contributed by atoms with Crippen LogP contribution in [0.3, 0.4) is 0 Å². The van der Waals surface area contributed by atoms with Crippen LogP contribution in [0, 0.1) is 6.92 Å². The van der Waals surface area contributed by atoms with Crippen LogP contribution in [-0.4, -0.2) is 17.8 Å². The van der Waals surface area contributed by atoms with Crippen LogP contribution >= 0.6 is 11.3 Å². The molecular formula is C10H17NOS. The molecule has 0 fully saturated rings. The van der Waals surface area contributed by atoms with Crippen LogP contribution < -0.4 is 5.32 Å². The SMILES string of the molecule is Cc1ccsc1C(C)NC[C@H](C)O. The van der Waals surface area contributed by atoms with E-state index in [0.717, 1.165) is 0 Å². The van der Waals surface area contributed by atoms with E-state index in [9.17, 15) is 0 Å². The molecule has 0 aliphatic heterocycles. The van der Waals surface area contributed by atoms with Crippen LogP contribution in [0.15, 0.2) is 11.4 Å². The van der Waals surface area contributed by atoms with Crippen LogP contribution in [0.2, 0.25) is 0 Å². The smallest absolute Gasteiger partial charge is 0.0636 e. The summed E-state index contributed by atoms with van der Waals surface area (Å²) in [6.45, 7) is 6.69. The number of aliphatic hydroxyl groups excluding tert-OH is 1. The molecule has 0 aliphatic carbocycles. The summed E-state index contributed by atoms with van der Waals surface area (Å²) < 4.78 is 0. The first-order valence-electron chi connectivity index (χ1n) is 4.56. The maximum atomic E-state index is 9.11. The van der Waals surface area contributed by atoms with Crippen LogP contribution in [-0.2, 0) is 0 Å². The summed E-state index contributed by atoms with van der Waals surface area (Å²) in [5.41, 5.74) is 1.33. The Morgan fingerprint density at radius 3 is 2.69 bits per heavy atom. The Morgan fingerprint density at radius 2 is 2.23 bits per heavy atom. The number of nitrogens with one attached hydrogen (secondary N) is 1. The fraction of sp³-hybridized carbons (Fsp3) is 0.600. The monoisotopic (exact) mass is 199 g/mol. The van der Waals surface area contributed by atoms with Crippen molar-refractivity contribution in [2.75, 3.05) is 6.54 Å². The van der Waals surface area contributed by atoms with Crippen molar-refractivity contribution in [1.29, 1.82) is 0 Å². The van der Waals surface area contributed by atoms with Gasteiger partial charge in [0.2, 0.25) is 0 Å². The Morgan fingerprint density at radius 1 is 1.54 bits per heavy atom. The normalized spacial score (nSPS) is 15.7. The summed E-state index contributed by atoms with van der Waals surface area (Å²) in [4.78, 5) is 1.36. The predicted molar refractivity (Wildman–Crippen MR) is 57.2 cm³/mol. The van der Waals surface area contributed by atoms with Crippen molar-refractivity contribution in [3.05, 3.63) is 21.9 Å². The van der Waals surface area contributed by atoms with Gasteiger partial charge in [-0.3, -0.25) is 0 Å². The third kappa shape index (κ3) is 3.10. The minimum atomic E-state index is -0.275. The number of hydrogen-bond acceptors (Lipinski definition) is 3. The zero-order valence-electron chi connectivity index (χ0n) is 8.37. The lowest BCUT2D eigenvalue weighted by Crippen LogP contribution is -2.26. The van der Waals surface area contributed by atoms with E-state index in [0.29, 0.717) is 12.6 Å². The van der Waals surface area contributed by atoms with Crippen molar-refractivity contribution in [3.8, 4) is 0 Å². The van der Waals surface area contributed by atoms with Crippen molar-refractivity contribution in [1.82, 2.24) is 5.32 Å². The Bertz CT molecular complexity index is 257. The van der Waals surface area contributed by atoms with Crippen molar-refractivity contribution in [2.45, 2.75) is 32.9 Å². The van der Waals surface area contributed by atoms with Gasteiger partial charge < -0.3 is 10.4 Å². The van der Waals surface area contributed by atoms with Gasteiger partial charge in [-0.1, -0.05) is 0 Å². The quantitative estimate of drug-likeness (QED) is 0.778. The minimum Gasteiger partial charge on any atom is -0.392 e. The zero-order valence-corrected chi connectivity index (χ0v) is 9.19. The van der Waals surface area contributed by atoms with Gasteiger partial charge in [-0.05, 0) is 37.8 Å². The van der Waals surface area contributed by atoms with Gasteiger partial charge in [0.15, 0.2) is 0 Å². The van der Waals surface area contributed by atoms with E-state index in [2.05, 4.69) is 30.6 Å². The predicted octanol–water partition coefficient (Wildman–Crippen LogP) is 2.09. The third-order valence-electron chi connectivity index (χ3n) is 2.01. The zero-order chi connectivity index (χ0) is 9.84. The molecule has 0 radical (unpaired) electrons. The molecule has 3 heteroatoms. The summed E-state index contributed by atoms with van der Waals surface area (Å²) in [6.07, 6.45) is -0.275. The van der Waals surface area contributed by atoms with Crippen molar-refractivity contribution in [3.63, 3.8) is 0 Å². The van der Waals surface area contributed by atoms with Gasteiger partial charge >= 0.3 is 0 Å². The molecular weight excluding hydrogens is 182 g/mol. The molecule has 0 aliphatic rings. The van der Waals surface area contributed by atoms with Gasteiger partial charge in [-0.2, -0.15) is 0 Å². The van der Waals surface area contributed by atoms with Gasteiger partial charge in [-0.15, -0.1) is 11.3 Å². The van der Waals surface area contributed by atoms with Crippen LogP contribution in [0.1, 0.15) is 30.3 Å². The molecule has 1 unspecified atom stereocenters. The molecule has 13 heavy (non-hydrogen) atoms. The Balaban J connectivity index is 2.49. The van der Waals surface area contributed by atoms with Gasteiger partial charge in [0.1, 0.15) is 0 Å². The van der Waals surface area contributed by atoms with Crippen molar-refractivity contribution in [2.24, 2.45) is 0 Å². The Kier molecular flexibility index (Phi) is 3.90. The number of aryl methyl sites for hydroxylation is 1. The second-order valence-electron chi connectivity index (χ2n) is 3.45. The molecule has 1 rings (SSSR count). The average molecular weight is 199 g/mol. The van der Waals surface area contributed by atoms with E-state index < -0.39 is 0 Å². The van der Waals surface area contributed by atoms with E-state index in [1.54, 1.807) is 18.3 Å². The minimum absolute atomic E-state index is 0.275. The molecule has 2 nitrogen and oxygen atoms in total. The number of aliphatic hydroxyl groups is 1. The lowest BCUT2D eigenvalue weighted by molar-refractivity contribution is 0.187. The number of hydrogen-bond donors (Lipinski definition) is 2. The van der Waals surface area contributed by atoms with E-state index in [4.69, 9.17) is 5.11 Å². The lowest BCUT2D eigenvalue weighted by Gasteiger charge is -2.14. The van der Waals surface area contributed by atoms with E-state index in [-0.39, 0.29) is 6.10 Å². The fourth-order valence-corrected chi connectivity index (χ4v) is 2.23. The first-order valence-corrected chi connectivity index (χ1v) is 5.44. The summed E-state index contributed by atoms with van der Waals surface area (Å²) in [6, 6.07) is 2.47. The van der Waals surface area contributed by atoms with E-state index >= 15 is 0 Å². The molecule has 0 bridgehead atoms. The molecule has 2 atom stereocenters. The summed E-state index contributed by atoms with van der Waals surface area (Å²) in [5, 5.41) is 14.5. The molecule has 0 spiro atoms. The third-order valence-corrected chi connectivity index (χ3v) is 3.22. The molecule has 74 valence electrons. The highest BCUT2D eigenvalue weighted by Crippen LogP contribution is 2.23. The number of rotatable bonds is 4. The molecule has 0 aromatic carbocycles. The van der Waals surface area contributed by atoms with Crippen LogP contribution in [0.5, 0.6) is 0 Å². The molecule has 0 amide bonds. The van der Waals surface area contributed by atoms with Crippen molar-refractivity contribution < 1.29 is 5.11 Å². The highest BCUT2D eigenvalue weighted by Gasteiger charge is 2.09. The highest BCUT2D eigenvalue weighted by atomic mass is 32.1. The maximum absolute atomic E-state index is 9.11. The largest absolute Gasteiger partial charge is 0.392 e. The molecule has 2 N–H and O–H groups in total. The second-order valence-corrected chi connectivity index (χ2v) is 4.39. The topological polar surface area (TPSA) is 32.3 Å². The summed E-state index contributed by atoms with van der Waals surface area (Å²) in [7, 11) is 0. The van der Waals surface area contributed by atoms with Gasteiger partial charge in [0.05, 0.1) is 6.10 Å². The summed E-state index contributed by atoms with van der Waals surface area (Å²) in [5.74, 6) is 0. The fourth-order valence-electron chi connectivity index (χ4n) is 1.27. The standard InChI is InChI=1S/C10H17NOS/c1-7-4-5-13-10(7)9(3)11-6-8(2)12/h4-5,8-9,11-12H,6H2,1-3H3/t8-,9?/m0/s1. The molecule has 0 saturated heterocycles. The first-order chi connectivity index (χ1) is 6.11. The van der Waals surface area contributed by atoms with Crippen molar-refractivity contribution >= 4 is 11.3 Å². The number of thiophene rings is 1. The molecule has 0 saturated carbocycles. The van der Waals surface area contributed by atoms with Gasteiger partial charge in [-0.25, -0.2) is 0 Å². The first kappa shape index (κ1) is 10.7. The Labute approximate surface area is 83.6 Å². The molecule has 1 aromatic heterocycles. The highest BCUT2D eigenvalue weighted by molar-refractivity contribution is 7.10. The second kappa shape index (κ2) is 4.74. The summed E-state index contributed by atoms with van der Waals surface area (Å²) >= 11 is 1.77. The molecule has 1 heterocycles.